The average Bonchev–Trinajstić information content (AvgIpc) is 3.72. The lowest BCUT2D eigenvalue weighted by Crippen LogP contribution is -2.61. The Bertz CT molecular complexity index is 2990. The van der Waals surface area contributed by atoms with Crippen molar-refractivity contribution >= 4 is 68.2 Å². The summed E-state index contributed by atoms with van der Waals surface area (Å²) in [6, 6.07) is 53.3. The van der Waals surface area contributed by atoms with Crippen LogP contribution in [0.2, 0.25) is 0 Å². The molecule has 302 valence electrons. The van der Waals surface area contributed by atoms with E-state index in [2.05, 4.69) is 206 Å². The van der Waals surface area contributed by atoms with E-state index in [1.807, 2.05) is 6.07 Å². The van der Waals surface area contributed by atoms with Gasteiger partial charge in [-0.1, -0.05) is 134 Å². The number of hydrogen-bond donors (Lipinski definition) is 0. The Balaban J connectivity index is 1.24. The van der Waals surface area contributed by atoms with E-state index in [9.17, 15) is 0 Å². The standard InChI is InChI=1S/C57H55BN2O/c1-10-12-38-15-17-41(31-37(38)3)40-13-11-14-47(32-40)60-51-33-42(43-18-16-39-27-28-61-54(39)34-43)19-25-48(51)58-49-35-45(57(7,8)9)22-26-50(49)59(52-29-36(2)30-53(60)55(52)58)46-23-20-44(21-24-46)56(4,5)6/h11,13-35H,10,12H2,1-9H3. The molecule has 3 heterocycles. The van der Waals surface area contributed by atoms with Gasteiger partial charge in [-0.3, -0.25) is 0 Å². The maximum absolute atomic E-state index is 5.91. The molecule has 8 aromatic rings. The summed E-state index contributed by atoms with van der Waals surface area (Å²) in [6.45, 7) is 20.6. The molecule has 0 fully saturated rings. The molecule has 61 heavy (non-hydrogen) atoms. The highest BCUT2D eigenvalue weighted by molar-refractivity contribution is 7.00. The first-order valence-corrected chi connectivity index (χ1v) is 22.1. The van der Waals surface area contributed by atoms with Crippen molar-refractivity contribution in [2.45, 2.75) is 86.0 Å². The van der Waals surface area contributed by atoms with Gasteiger partial charge in [-0.2, -0.15) is 0 Å². The molecular weight excluding hydrogens is 739 g/mol. The molecule has 0 spiro atoms. The van der Waals surface area contributed by atoms with E-state index in [1.54, 1.807) is 6.26 Å². The highest BCUT2D eigenvalue weighted by Gasteiger charge is 2.44. The van der Waals surface area contributed by atoms with Crippen LogP contribution in [-0.2, 0) is 17.3 Å². The van der Waals surface area contributed by atoms with Crippen LogP contribution in [0, 0.1) is 13.8 Å². The van der Waals surface area contributed by atoms with Crippen molar-refractivity contribution in [1.82, 2.24) is 0 Å². The summed E-state index contributed by atoms with van der Waals surface area (Å²) < 4.78 is 5.91. The van der Waals surface area contributed by atoms with Crippen LogP contribution in [0.25, 0.3) is 33.2 Å². The summed E-state index contributed by atoms with van der Waals surface area (Å²) in [4.78, 5) is 5.08. The fourth-order valence-corrected chi connectivity index (χ4v) is 9.83. The highest BCUT2D eigenvalue weighted by atomic mass is 16.3. The number of benzene rings is 7. The number of furan rings is 1. The zero-order valence-electron chi connectivity index (χ0n) is 37.2. The molecule has 0 saturated carbocycles. The molecule has 0 aliphatic carbocycles. The highest BCUT2D eigenvalue weighted by Crippen LogP contribution is 2.46. The van der Waals surface area contributed by atoms with Crippen molar-refractivity contribution < 1.29 is 4.42 Å². The van der Waals surface area contributed by atoms with Crippen LogP contribution in [0.15, 0.2) is 150 Å². The second kappa shape index (κ2) is 14.4. The second-order valence-corrected chi connectivity index (χ2v) is 19.5. The smallest absolute Gasteiger partial charge is 0.252 e. The lowest BCUT2D eigenvalue weighted by Gasteiger charge is -2.45. The molecule has 7 aromatic carbocycles. The van der Waals surface area contributed by atoms with Gasteiger partial charge in [0.2, 0.25) is 0 Å². The molecule has 0 amide bonds. The van der Waals surface area contributed by atoms with Crippen LogP contribution in [0.3, 0.4) is 0 Å². The second-order valence-electron chi connectivity index (χ2n) is 19.5. The number of nitrogens with zero attached hydrogens (tertiary/aromatic N) is 2. The van der Waals surface area contributed by atoms with E-state index in [1.165, 1.54) is 83.8 Å². The Kier molecular flexibility index (Phi) is 9.21. The molecule has 0 unspecified atom stereocenters. The first kappa shape index (κ1) is 38.9. The molecule has 0 N–H and O–H groups in total. The number of rotatable bonds is 6. The van der Waals surface area contributed by atoms with Gasteiger partial charge >= 0.3 is 0 Å². The number of fused-ring (bicyclic) bond motifs is 5. The Morgan fingerprint density at radius 3 is 1.90 bits per heavy atom. The summed E-state index contributed by atoms with van der Waals surface area (Å²) in [7, 11) is 0. The summed E-state index contributed by atoms with van der Waals surface area (Å²) in [5, 5.41) is 1.11. The van der Waals surface area contributed by atoms with Crippen molar-refractivity contribution in [3.63, 3.8) is 0 Å². The largest absolute Gasteiger partial charge is 0.464 e. The number of aryl methyl sites for hydroxylation is 3. The van der Waals surface area contributed by atoms with E-state index >= 15 is 0 Å². The quantitative estimate of drug-likeness (QED) is 0.156. The van der Waals surface area contributed by atoms with Gasteiger partial charge in [0, 0.05) is 39.5 Å². The number of hydrogen-bond acceptors (Lipinski definition) is 3. The van der Waals surface area contributed by atoms with Crippen molar-refractivity contribution in [3.8, 4) is 22.3 Å². The van der Waals surface area contributed by atoms with Gasteiger partial charge in [-0.25, -0.2) is 0 Å². The number of anilines is 6. The minimum atomic E-state index is -0.0178. The van der Waals surface area contributed by atoms with Gasteiger partial charge in [0.05, 0.1) is 6.26 Å². The summed E-state index contributed by atoms with van der Waals surface area (Å²) in [5.41, 5.74) is 23.6. The van der Waals surface area contributed by atoms with Crippen LogP contribution in [0.1, 0.15) is 82.7 Å². The average molecular weight is 795 g/mol. The first-order valence-electron chi connectivity index (χ1n) is 22.1. The van der Waals surface area contributed by atoms with Crippen LogP contribution in [-0.4, -0.2) is 6.71 Å². The lowest BCUT2D eigenvalue weighted by molar-refractivity contribution is 0.590. The molecule has 2 aliphatic heterocycles. The van der Waals surface area contributed by atoms with Gasteiger partial charge in [0.25, 0.3) is 6.71 Å². The Labute approximate surface area is 362 Å². The minimum absolute atomic E-state index is 0.0178. The van der Waals surface area contributed by atoms with E-state index in [-0.39, 0.29) is 17.5 Å². The fourth-order valence-electron chi connectivity index (χ4n) is 9.83. The minimum Gasteiger partial charge on any atom is -0.464 e. The predicted molar refractivity (Wildman–Crippen MR) is 262 cm³/mol. The van der Waals surface area contributed by atoms with Crippen LogP contribution < -0.4 is 26.2 Å². The molecule has 0 radical (unpaired) electrons. The Morgan fingerprint density at radius 2 is 1.18 bits per heavy atom. The molecular formula is C57H55BN2O. The van der Waals surface area contributed by atoms with Crippen LogP contribution in [0.4, 0.5) is 34.1 Å². The van der Waals surface area contributed by atoms with Gasteiger partial charge in [0.15, 0.2) is 0 Å². The zero-order chi connectivity index (χ0) is 42.4. The molecule has 0 atom stereocenters. The molecule has 10 rings (SSSR count). The van der Waals surface area contributed by atoms with Crippen molar-refractivity contribution in [3.05, 3.63) is 174 Å². The monoisotopic (exact) mass is 794 g/mol. The maximum atomic E-state index is 5.91. The van der Waals surface area contributed by atoms with Gasteiger partial charge in [-0.15, -0.1) is 0 Å². The predicted octanol–water partition coefficient (Wildman–Crippen LogP) is 14.0. The summed E-state index contributed by atoms with van der Waals surface area (Å²) >= 11 is 0. The van der Waals surface area contributed by atoms with E-state index < -0.39 is 0 Å². The molecule has 4 heteroatoms. The Morgan fingerprint density at radius 1 is 0.525 bits per heavy atom. The summed E-state index contributed by atoms with van der Waals surface area (Å²) in [5.74, 6) is 0. The molecule has 1 aromatic heterocycles. The van der Waals surface area contributed by atoms with E-state index in [0.29, 0.717) is 0 Å². The third-order valence-electron chi connectivity index (χ3n) is 13.2. The van der Waals surface area contributed by atoms with Gasteiger partial charge in [-0.05, 0) is 158 Å². The van der Waals surface area contributed by atoms with Crippen molar-refractivity contribution in [2.24, 2.45) is 0 Å². The Hall–Kier alpha value is -6.26. The first-order chi connectivity index (χ1) is 29.3. The lowest BCUT2D eigenvalue weighted by atomic mass is 9.33. The molecule has 0 saturated heterocycles. The molecule has 0 bridgehead atoms. The van der Waals surface area contributed by atoms with Crippen LogP contribution in [0.5, 0.6) is 0 Å². The van der Waals surface area contributed by atoms with Gasteiger partial charge in [0.1, 0.15) is 5.58 Å². The van der Waals surface area contributed by atoms with Crippen molar-refractivity contribution in [2.75, 3.05) is 9.80 Å². The maximum Gasteiger partial charge on any atom is 0.252 e. The third kappa shape index (κ3) is 6.68. The van der Waals surface area contributed by atoms with E-state index in [4.69, 9.17) is 4.42 Å². The normalized spacial score (nSPS) is 13.4. The molecule has 2 aliphatic rings. The third-order valence-corrected chi connectivity index (χ3v) is 13.2. The van der Waals surface area contributed by atoms with Crippen molar-refractivity contribution in [1.29, 1.82) is 0 Å². The fraction of sp³-hybridized carbons (Fsp3) is 0.228. The van der Waals surface area contributed by atoms with E-state index in [0.717, 1.165) is 40.6 Å². The van der Waals surface area contributed by atoms with Gasteiger partial charge < -0.3 is 14.2 Å². The molecule has 3 nitrogen and oxygen atoms in total. The summed E-state index contributed by atoms with van der Waals surface area (Å²) in [6.07, 6.45) is 4.02. The zero-order valence-corrected chi connectivity index (χ0v) is 37.2. The van der Waals surface area contributed by atoms with Crippen LogP contribution >= 0.6 is 0 Å². The SMILES string of the molecule is CCCc1ccc(-c2cccc(N3c4cc(-c5ccc6ccoc6c5)ccc4B4c5cc(C(C)(C)C)ccc5N(c5ccc(C(C)(C)C)cc5)c5cc(C)cc3c54)c2)cc1C. The topological polar surface area (TPSA) is 19.6 Å².